The molecule has 0 bridgehead atoms. The fourth-order valence-electron chi connectivity index (χ4n) is 1.77. The summed E-state index contributed by atoms with van der Waals surface area (Å²) in [6, 6.07) is 8.97. The normalized spacial score (nSPS) is 13.0. The van der Waals surface area contributed by atoms with Gasteiger partial charge in [-0.15, -0.1) is 0 Å². The number of carbonyl (C=O) groups is 1. The maximum absolute atomic E-state index is 12.4. The van der Waals surface area contributed by atoms with Crippen molar-refractivity contribution >= 4 is 5.78 Å². The Morgan fingerprint density at radius 1 is 1.00 bits per heavy atom. The van der Waals surface area contributed by atoms with E-state index in [1.54, 1.807) is 19.2 Å². The van der Waals surface area contributed by atoms with Crippen LogP contribution in [-0.4, -0.2) is 52.2 Å². The fraction of sp³-hybridized carbons (Fsp3) is 0.611. The van der Waals surface area contributed by atoms with Crippen LogP contribution in [0, 0.1) is 5.41 Å². The maximum atomic E-state index is 12.4. The first kappa shape index (κ1) is 19.8. The number of rotatable bonds is 11. The molecule has 1 aromatic rings. The highest BCUT2D eigenvalue weighted by Crippen LogP contribution is 2.13. The molecule has 0 aliphatic heterocycles. The van der Waals surface area contributed by atoms with Crippen molar-refractivity contribution in [3.8, 4) is 0 Å². The van der Waals surface area contributed by atoms with Crippen LogP contribution in [-0.2, 0) is 18.9 Å². The van der Waals surface area contributed by atoms with Crippen molar-refractivity contribution in [2.45, 2.75) is 27.1 Å². The SMILES string of the molecule is COCCOC(OCCOCC(C)(C)C)C(=O)c1ccccc1. The van der Waals surface area contributed by atoms with Crippen LogP contribution < -0.4 is 0 Å². The molecule has 0 radical (unpaired) electrons. The van der Waals surface area contributed by atoms with Crippen LogP contribution in [0.25, 0.3) is 0 Å². The molecule has 0 saturated heterocycles. The maximum Gasteiger partial charge on any atom is 0.222 e. The van der Waals surface area contributed by atoms with Crippen LogP contribution in [0.2, 0.25) is 0 Å². The number of ketones is 1. The second kappa shape index (κ2) is 10.5. The Balaban J connectivity index is 2.47. The summed E-state index contributed by atoms with van der Waals surface area (Å²) in [4.78, 5) is 12.4. The van der Waals surface area contributed by atoms with E-state index < -0.39 is 6.29 Å². The van der Waals surface area contributed by atoms with Crippen LogP contribution in [0.1, 0.15) is 31.1 Å². The zero-order valence-electron chi connectivity index (χ0n) is 14.5. The quantitative estimate of drug-likeness (QED) is 0.356. The Kier molecular flexibility index (Phi) is 9.02. The molecule has 5 nitrogen and oxygen atoms in total. The van der Waals surface area contributed by atoms with Gasteiger partial charge >= 0.3 is 0 Å². The van der Waals surface area contributed by atoms with Crippen molar-refractivity contribution in [1.29, 1.82) is 0 Å². The number of carbonyl (C=O) groups excluding carboxylic acids is 1. The molecule has 0 aliphatic rings. The standard InChI is InChI=1S/C18H28O5/c1-18(2,3)14-21-11-13-23-17(22-12-10-20-4)16(19)15-8-6-5-7-9-15/h5-9,17H,10-14H2,1-4H3. The summed E-state index contributed by atoms with van der Waals surface area (Å²) in [6.07, 6.45) is -0.939. The van der Waals surface area contributed by atoms with E-state index in [1.807, 2.05) is 18.2 Å². The first-order chi connectivity index (χ1) is 10.9. The van der Waals surface area contributed by atoms with E-state index in [1.165, 1.54) is 0 Å². The summed E-state index contributed by atoms with van der Waals surface area (Å²) in [5, 5.41) is 0. The molecule has 0 N–H and O–H groups in total. The van der Waals surface area contributed by atoms with Gasteiger partial charge in [-0.25, -0.2) is 0 Å². The average molecular weight is 324 g/mol. The van der Waals surface area contributed by atoms with Gasteiger partial charge in [0.1, 0.15) is 0 Å². The lowest BCUT2D eigenvalue weighted by Crippen LogP contribution is -2.30. The van der Waals surface area contributed by atoms with Gasteiger partial charge < -0.3 is 18.9 Å². The first-order valence-electron chi connectivity index (χ1n) is 7.83. The third-order valence-corrected chi connectivity index (χ3v) is 2.86. The van der Waals surface area contributed by atoms with E-state index in [4.69, 9.17) is 18.9 Å². The summed E-state index contributed by atoms with van der Waals surface area (Å²) in [5.74, 6) is -0.197. The van der Waals surface area contributed by atoms with Gasteiger partial charge in [-0.2, -0.15) is 0 Å². The van der Waals surface area contributed by atoms with Crippen molar-refractivity contribution in [1.82, 2.24) is 0 Å². The zero-order valence-corrected chi connectivity index (χ0v) is 14.5. The van der Waals surface area contributed by atoms with E-state index in [-0.39, 0.29) is 11.2 Å². The second-order valence-electron chi connectivity index (χ2n) is 6.41. The van der Waals surface area contributed by atoms with E-state index in [9.17, 15) is 4.79 Å². The lowest BCUT2D eigenvalue weighted by molar-refractivity contribution is -0.131. The first-order valence-corrected chi connectivity index (χ1v) is 7.83. The van der Waals surface area contributed by atoms with E-state index >= 15 is 0 Å². The molecule has 0 amide bonds. The molecule has 1 rings (SSSR count). The van der Waals surface area contributed by atoms with E-state index in [0.717, 1.165) is 0 Å². The van der Waals surface area contributed by atoms with Crippen molar-refractivity contribution in [3.05, 3.63) is 35.9 Å². The highest BCUT2D eigenvalue weighted by atomic mass is 16.7. The minimum atomic E-state index is -0.939. The third-order valence-electron chi connectivity index (χ3n) is 2.86. The molecule has 0 aromatic heterocycles. The lowest BCUT2D eigenvalue weighted by atomic mass is 9.99. The largest absolute Gasteiger partial charge is 0.382 e. The van der Waals surface area contributed by atoms with Crippen LogP contribution >= 0.6 is 0 Å². The molecule has 0 saturated carbocycles. The monoisotopic (exact) mass is 324 g/mol. The molecule has 1 unspecified atom stereocenters. The zero-order chi connectivity index (χ0) is 17.1. The van der Waals surface area contributed by atoms with Gasteiger partial charge in [0, 0.05) is 12.7 Å². The van der Waals surface area contributed by atoms with Crippen LogP contribution in [0.15, 0.2) is 30.3 Å². The van der Waals surface area contributed by atoms with Gasteiger partial charge in [0.15, 0.2) is 0 Å². The van der Waals surface area contributed by atoms with Gasteiger partial charge in [-0.1, -0.05) is 51.1 Å². The summed E-state index contributed by atoms with van der Waals surface area (Å²) >= 11 is 0. The van der Waals surface area contributed by atoms with Gasteiger partial charge in [-0.05, 0) is 5.41 Å². The Bertz CT molecular complexity index is 438. The lowest BCUT2D eigenvalue weighted by Gasteiger charge is -2.20. The van der Waals surface area contributed by atoms with Crippen molar-refractivity contribution in [2.24, 2.45) is 5.41 Å². The molecule has 0 spiro atoms. The van der Waals surface area contributed by atoms with Gasteiger partial charge in [0.25, 0.3) is 0 Å². The predicted molar refractivity (Wildman–Crippen MR) is 88.6 cm³/mol. The number of benzene rings is 1. The summed E-state index contributed by atoms with van der Waals surface area (Å²) in [5.41, 5.74) is 0.666. The molecule has 0 heterocycles. The fourth-order valence-corrected chi connectivity index (χ4v) is 1.77. The Hall–Kier alpha value is -1.27. The Labute approximate surface area is 138 Å². The molecule has 1 aromatic carbocycles. The average Bonchev–Trinajstić information content (AvgIpc) is 2.52. The smallest absolute Gasteiger partial charge is 0.222 e. The Morgan fingerprint density at radius 2 is 1.61 bits per heavy atom. The summed E-state index contributed by atoms with van der Waals surface area (Å²) in [6.45, 7) is 8.36. The highest BCUT2D eigenvalue weighted by molar-refractivity contribution is 5.98. The second-order valence-corrected chi connectivity index (χ2v) is 6.41. The predicted octanol–water partition coefficient (Wildman–Crippen LogP) is 2.94. The highest BCUT2D eigenvalue weighted by Gasteiger charge is 2.21. The van der Waals surface area contributed by atoms with Gasteiger partial charge in [0.05, 0.1) is 33.0 Å². The summed E-state index contributed by atoms with van der Waals surface area (Å²) < 4.78 is 21.5. The van der Waals surface area contributed by atoms with Crippen molar-refractivity contribution in [3.63, 3.8) is 0 Å². The number of hydrogen-bond acceptors (Lipinski definition) is 5. The van der Waals surface area contributed by atoms with E-state index in [0.29, 0.717) is 38.6 Å². The Morgan fingerprint density at radius 3 is 2.17 bits per heavy atom. The number of hydrogen-bond donors (Lipinski definition) is 0. The molecule has 5 heteroatoms. The molecule has 0 fully saturated rings. The number of methoxy groups -OCH3 is 1. The topological polar surface area (TPSA) is 54.0 Å². The van der Waals surface area contributed by atoms with Crippen molar-refractivity contribution in [2.75, 3.05) is 40.1 Å². The molecular weight excluding hydrogens is 296 g/mol. The molecule has 130 valence electrons. The van der Waals surface area contributed by atoms with Gasteiger partial charge in [-0.3, -0.25) is 4.79 Å². The minimum Gasteiger partial charge on any atom is -0.382 e. The summed E-state index contributed by atoms with van der Waals surface area (Å²) in [7, 11) is 1.58. The number of Topliss-reactive ketones (excluding diaryl/α,β-unsaturated/α-hetero) is 1. The molecule has 1 atom stereocenters. The van der Waals surface area contributed by atoms with Crippen LogP contribution in [0.5, 0.6) is 0 Å². The third kappa shape index (κ3) is 8.81. The van der Waals surface area contributed by atoms with Gasteiger partial charge in [0.2, 0.25) is 12.1 Å². The minimum absolute atomic E-state index is 0.105. The molecule has 0 aliphatic carbocycles. The molecule has 23 heavy (non-hydrogen) atoms. The number of ether oxygens (including phenoxy) is 4. The molecular formula is C18H28O5. The van der Waals surface area contributed by atoms with E-state index in [2.05, 4.69) is 20.8 Å². The van der Waals surface area contributed by atoms with Crippen LogP contribution in [0.3, 0.4) is 0 Å². The van der Waals surface area contributed by atoms with Crippen LogP contribution in [0.4, 0.5) is 0 Å². The van der Waals surface area contributed by atoms with Crippen molar-refractivity contribution < 1.29 is 23.7 Å².